The second kappa shape index (κ2) is 7.17. The average Bonchev–Trinajstić information content (AvgIpc) is 3.27. The summed E-state index contributed by atoms with van der Waals surface area (Å²) in [7, 11) is 0. The van der Waals surface area contributed by atoms with Gasteiger partial charge in [-0.05, 0) is 35.7 Å². The number of carbonyl (C=O) groups is 1. The fraction of sp³-hybridized carbons (Fsp3) is 0. The number of thiophene rings is 1. The van der Waals surface area contributed by atoms with E-state index >= 15 is 0 Å². The molecule has 0 saturated carbocycles. The molecule has 0 aliphatic rings. The molecule has 3 aromatic rings. The van der Waals surface area contributed by atoms with E-state index in [1.165, 1.54) is 40.9 Å². The van der Waals surface area contributed by atoms with Crippen LogP contribution in [0.25, 0.3) is 17.3 Å². The Morgan fingerprint density at radius 1 is 1.24 bits per heavy atom. The number of phenols is 2. The van der Waals surface area contributed by atoms with Gasteiger partial charge >= 0.3 is 0 Å². The van der Waals surface area contributed by atoms with E-state index in [0.29, 0.717) is 16.4 Å². The third-order valence-electron chi connectivity index (χ3n) is 3.19. The molecular formula is C17H11N3O3S2. The van der Waals surface area contributed by atoms with E-state index in [4.69, 9.17) is 0 Å². The number of aromatic hydroxyl groups is 2. The largest absolute Gasteiger partial charge is 0.504 e. The molecule has 1 amide bonds. The Kier molecular flexibility index (Phi) is 4.79. The van der Waals surface area contributed by atoms with E-state index in [1.807, 2.05) is 23.6 Å². The lowest BCUT2D eigenvalue weighted by molar-refractivity contribution is -0.112. The van der Waals surface area contributed by atoms with Crippen molar-refractivity contribution < 1.29 is 15.0 Å². The zero-order chi connectivity index (χ0) is 17.8. The van der Waals surface area contributed by atoms with Crippen molar-refractivity contribution in [1.29, 1.82) is 5.26 Å². The van der Waals surface area contributed by atoms with Crippen molar-refractivity contribution in [3.63, 3.8) is 0 Å². The number of anilines is 1. The van der Waals surface area contributed by atoms with E-state index in [-0.39, 0.29) is 17.1 Å². The monoisotopic (exact) mass is 369 g/mol. The molecule has 0 saturated heterocycles. The SMILES string of the molecule is N#C/C(=C\c1cccs1)C(=O)Nc1nc(-c2ccc(O)c(O)c2)cs1. The van der Waals surface area contributed by atoms with Gasteiger partial charge in [-0.3, -0.25) is 10.1 Å². The lowest BCUT2D eigenvalue weighted by atomic mass is 10.1. The molecule has 8 heteroatoms. The van der Waals surface area contributed by atoms with Crippen molar-refractivity contribution in [2.45, 2.75) is 0 Å². The molecule has 0 radical (unpaired) electrons. The number of hydrogen-bond acceptors (Lipinski definition) is 7. The topological polar surface area (TPSA) is 106 Å². The quantitative estimate of drug-likeness (QED) is 0.368. The first-order valence-electron chi connectivity index (χ1n) is 7.01. The van der Waals surface area contributed by atoms with E-state index in [9.17, 15) is 20.3 Å². The fourth-order valence-electron chi connectivity index (χ4n) is 1.98. The van der Waals surface area contributed by atoms with Crippen LogP contribution in [0.15, 0.2) is 46.7 Å². The number of nitriles is 1. The second-order valence-corrected chi connectivity index (χ2v) is 6.72. The molecule has 1 aromatic carbocycles. The van der Waals surface area contributed by atoms with Crippen molar-refractivity contribution in [2.75, 3.05) is 5.32 Å². The van der Waals surface area contributed by atoms with Crippen molar-refractivity contribution in [3.8, 4) is 28.8 Å². The highest BCUT2D eigenvalue weighted by Gasteiger charge is 2.13. The van der Waals surface area contributed by atoms with Crippen LogP contribution in [0.1, 0.15) is 4.88 Å². The van der Waals surface area contributed by atoms with Crippen molar-refractivity contribution in [3.05, 3.63) is 51.5 Å². The summed E-state index contributed by atoms with van der Waals surface area (Å²) in [5.41, 5.74) is 1.12. The molecule has 2 aromatic heterocycles. The van der Waals surface area contributed by atoms with Gasteiger partial charge in [0, 0.05) is 15.8 Å². The molecule has 2 heterocycles. The van der Waals surface area contributed by atoms with Gasteiger partial charge in [-0.15, -0.1) is 22.7 Å². The third kappa shape index (κ3) is 3.85. The maximum absolute atomic E-state index is 12.2. The molecule has 3 N–H and O–H groups in total. The van der Waals surface area contributed by atoms with Crippen LogP contribution >= 0.6 is 22.7 Å². The normalized spacial score (nSPS) is 11.1. The van der Waals surface area contributed by atoms with E-state index in [2.05, 4.69) is 10.3 Å². The number of amides is 1. The van der Waals surface area contributed by atoms with Crippen LogP contribution < -0.4 is 5.32 Å². The minimum absolute atomic E-state index is 0.0125. The summed E-state index contributed by atoms with van der Waals surface area (Å²) in [6, 6.07) is 9.88. The number of rotatable bonds is 4. The van der Waals surface area contributed by atoms with Gasteiger partial charge < -0.3 is 10.2 Å². The molecule has 0 bridgehead atoms. The minimum atomic E-state index is -0.537. The highest BCUT2D eigenvalue weighted by Crippen LogP contribution is 2.32. The Morgan fingerprint density at radius 2 is 2.08 bits per heavy atom. The standard InChI is InChI=1S/C17H11N3O3S2/c18-8-11(6-12-2-1-5-24-12)16(23)20-17-19-13(9-25-17)10-3-4-14(21)15(22)7-10/h1-7,9,21-22H,(H,19,20,23)/b11-6+. The van der Waals surface area contributed by atoms with Crippen LogP contribution in [0.4, 0.5) is 5.13 Å². The molecular weight excluding hydrogens is 358 g/mol. The number of benzene rings is 1. The summed E-state index contributed by atoms with van der Waals surface area (Å²) in [4.78, 5) is 17.3. The number of phenolic OH excluding ortho intramolecular Hbond substituents is 2. The molecule has 0 spiro atoms. The van der Waals surface area contributed by atoms with Crippen molar-refractivity contribution >= 4 is 39.8 Å². The minimum Gasteiger partial charge on any atom is -0.504 e. The smallest absolute Gasteiger partial charge is 0.268 e. The molecule has 0 fully saturated rings. The summed E-state index contributed by atoms with van der Waals surface area (Å²) in [6.07, 6.45) is 1.52. The lowest BCUT2D eigenvalue weighted by Gasteiger charge is -2.01. The first-order valence-corrected chi connectivity index (χ1v) is 8.77. The Balaban J connectivity index is 1.77. The number of nitrogens with one attached hydrogen (secondary N) is 1. The first-order chi connectivity index (χ1) is 12.1. The Labute approximate surface area is 151 Å². The lowest BCUT2D eigenvalue weighted by Crippen LogP contribution is -2.13. The van der Waals surface area contributed by atoms with Crippen LogP contribution in [-0.2, 0) is 4.79 Å². The number of nitrogens with zero attached hydrogens (tertiary/aromatic N) is 2. The predicted molar refractivity (Wildman–Crippen MR) is 97.4 cm³/mol. The maximum atomic E-state index is 12.2. The molecule has 25 heavy (non-hydrogen) atoms. The van der Waals surface area contributed by atoms with Gasteiger partial charge in [0.1, 0.15) is 11.6 Å². The van der Waals surface area contributed by atoms with Crippen LogP contribution in [0.5, 0.6) is 11.5 Å². The molecule has 0 atom stereocenters. The van der Waals surface area contributed by atoms with Gasteiger partial charge in [0.25, 0.3) is 5.91 Å². The fourth-order valence-corrected chi connectivity index (χ4v) is 3.35. The third-order valence-corrected chi connectivity index (χ3v) is 4.77. The van der Waals surface area contributed by atoms with Crippen LogP contribution in [0.3, 0.4) is 0 Å². The van der Waals surface area contributed by atoms with Crippen LogP contribution in [0.2, 0.25) is 0 Å². The highest BCUT2D eigenvalue weighted by molar-refractivity contribution is 7.14. The zero-order valence-electron chi connectivity index (χ0n) is 12.6. The number of aromatic nitrogens is 1. The van der Waals surface area contributed by atoms with Gasteiger partial charge in [-0.2, -0.15) is 5.26 Å². The number of hydrogen-bond donors (Lipinski definition) is 3. The van der Waals surface area contributed by atoms with Gasteiger partial charge in [-0.25, -0.2) is 4.98 Å². The van der Waals surface area contributed by atoms with Crippen molar-refractivity contribution in [1.82, 2.24) is 4.98 Å². The summed E-state index contributed by atoms with van der Waals surface area (Å²) >= 11 is 2.63. The Bertz CT molecular complexity index is 985. The van der Waals surface area contributed by atoms with Crippen molar-refractivity contribution in [2.24, 2.45) is 0 Å². The van der Waals surface area contributed by atoms with Gasteiger partial charge in [-0.1, -0.05) is 6.07 Å². The Hall–Kier alpha value is -3.15. The summed E-state index contributed by atoms with van der Waals surface area (Å²) in [5.74, 6) is -1.00. The molecule has 0 unspecified atom stereocenters. The van der Waals surface area contributed by atoms with E-state index in [0.717, 1.165) is 4.88 Å². The second-order valence-electron chi connectivity index (χ2n) is 4.88. The zero-order valence-corrected chi connectivity index (χ0v) is 14.3. The highest BCUT2D eigenvalue weighted by atomic mass is 32.1. The maximum Gasteiger partial charge on any atom is 0.268 e. The van der Waals surface area contributed by atoms with Crippen LogP contribution in [-0.4, -0.2) is 21.1 Å². The predicted octanol–water partition coefficient (Wildman–Crippen LogP) is 3.83. The molecule has 3 rings (SSSR count). The van der Waals surface area contributed by atoms with E-state index < -0.39 is 5.91 Å². The van der Waals surface area contributed by atoms with Gasteiger partial charge in [0.05, 0.1) is 5.69 Å². The number of carbonyl (C=O) groups excluding carboxylic acids is 1. The number of thiazole rings is 1. The molecule has 0 aliphatic heterocycles. The summed E-state index contributed by atoms with van der Waals surface area (Å²) in [5, 5.41) is 34.6. The Morgan fingerprint density at radius 3 is 2.76 bits per heavy atom. The average molecular weight is 369 g/mol. The summed E-state index contributed by atoms with van der Waals surface area (Å²) < 4.78 is 0. The van der Waals surface area contributed by atoms with Crippen LogP contribution in [0, 0.1) is 11.3 Å². The first kappa shape index (κ1) is 16.7. The molecule has 0 aliphatic carbocycles. The van der Waals surface area contributed by atoms with Gasteiger partial charge in [0.15, 0.2) is 16.6 Å². The summed E-state index contributed by atoms with van der Waals surface area (Å²) in [6.45, 7) is 0. The molecule has 6 nitrogen and oxygen atoms in total. The van der Waals surface area contributed by atoms with E-state index in [1.54, 1.807) is 11.4 Å². The molecule has 124 valence electrons. The van der Waals surface area contributed by atoms with Gasteiger partial charge in [0.2, 0.25) is 0 Å².